The van der Waals surface area contributed by atoms with Crippen molar-refractivity contribution in [2.75, 3.05) is 11.6 Å². The van der Waals surface area contributed by atoms with Crippen LogP contribution in [0.2, 0.25) is 0 Å². The molecule has 0 radical (unpaired) electrons. The molecule has 44 valence electrons. The van der Waals surface area contributed by atoms with E-state index in [9.17, 15) is 0 Å². The van der Waals surface area contributed by atoms with Crippen molar-refractivity contribution >= 4 is 5.95 Å². The van der Waals surface area contributed by atoms with Crippen LogP contribution in [0.3, 0.4) is 0 Å². The first kappa shape index (κ1) is 4.76. The van der Waals surface area contributed by atoms with Crippen LogP contribution < -0.4 is 11.6 Å². The number of rotatable bonds is 0. The second kappa shape index (κ2) is 1.29. The first-order valence-electron chi connectivity index (χ1n) is 1.99. The lowest BCUT2D eigenvalue weighted by Gasteiger charge is -1.92. The van der Waals surface area contributed by atoms with Gasteiger partial charge < -0.3 is 16.7 Å². The summed E-state index contributed by atoms with van der Waals surface area (Å²) in [4.78, 5) is 3.48. The molecular formula is C3H6N4O. The number of nitrogens with zero attached hydrogens (tertiary/aromatic N) is 2. The van der Waals surface area contributed by atoms with Crippen LogP contribution in [0.5, 0.6) is 5.88 Å². The Bertz CT molecular complexity index is 174. The van der Waals surface area contributed by atoms with Gasteiger partial charge in [-0.1, -0.05) is 0 Å². The Kier molecular flexibility index (Phi) is 0.768. The van der Waals surface area contributed by atoms with Crippen molar-refractivity contribution in [3.05, 3.63) is 6.20 Å². The van der Waals surface area contributed by atoms with E-state index in [0.29, 0.717) is 0 Å². The zero-order valence-corrected chi connectivity index (χ0v) is 4.07. The van der Waals surface area contributed by atoms with Crippen molar-refractivity contribution in [1.29, 1.82) is 0 Å². The van der Waals surface area contributed by atoms with Crippen LogP contribution in [0.25, 0.3) is 0 Å². The maximum absolute atomic E-state index is 8.64. The number of nitrogens with two attached hydrogens (primary N) is 2. The third-order valence-electron chi connectivity index (χ3n) is 0.806. The van der Waals surface area contributed by atoms with Gasteiger partial charge in [0.15, 0.2) is 0 Å². The topological polar surface area (TPSA) is 90.1 Å². The molecule has 0 amide bonds. The number of hydrogen-bond acceptors (Lipinski definition) is 4. The lowest BCUT2D eigenvalue weighted by molar-refractivity contribution is 0.439. The zero-order chi connectivity index (χ0) is 6.15. The molecule has 0 aromatic carbocycles. The van der Waals surface area contributed by atoms with Crippen molar-refractivity contribution in [1.82, 2.24) is 9.66 Å². The molecule has 5 nitrogen and oxygen atoms in total. The summed E-state index contributed by atoms with van der Waals surface area (Å²) in [5.41, 5.74) is 5.11. The van der Waals surface area contributed by atoms with Crippen molar-refractivity contribution in [2.24, 2.45) is 0 Å². The average Bonchev–Trinajstić information content (AvgIpc) is 1.98. The van der Waals surface area contributed by atoms with Gasteiger partial charge in [-0.2, -0.15) is 4.68 Å². The first-order valence-corrected chi connectivity index (χ1v) is 1.99. The van der Waals surface area contributed by atoms with E-state index in [-0.39, 0.29) is 11.8 Å². The second-order valence-electron chi connectivity index (χ2n) is 1.34. The van der Waals surface area contributed by atoms with Gasteiger partial charge in [0.2, 0.25) is 11.8 Å². The van der Waals surface area contributed by atoms with Gasteiger partial charge in [-0.05, 0) is 0 Å². The highest BCUT2D eigenvalue weighted by Gasteiger charge is 1.97. The summed E-state index contributed by atoms with van der Waals surface area (Å²) in [6.45, 7) is 0. The molecule has 0 saturated carbocycles. The summed E-state index contributed by atoms with van der Waals surface area (Å²) in [5, 5.41) is 8.64. The van der Waals surface area contributed by atoms with E-state index in [1.165, 1.54) is 6.20 Å². The molecule has 1 heterocycles. The van der Waals surface area contributed by atoms with Crippen molar-refractivity contribution in [3.8, 4) is 5.88 Å². The second-order valence-corrected chi connectivity index (χ2v) is 1.34. The monoisotopic (exact) mass is 114 g/mol. The molecule has 1 rings (SSSR count). The van der Waals surface area contributed by atoms with E-state index in [1.807, 2.05) is 0 Å². The summed E-state index contributed by atoms with van der Waals surface area (Å²) in [5.74, 6) is 5.04. The molecule has 0 aliphatic rings. The molecule has 8 heavy (non-hydrogen) atoms. The Balaban J connectivity index is 3.19. The highest BCUT2D eigenvalue weighted by molar-refractivity contribution is 5.24. The first-order chi connectivity index (χ1) is 3.72. The van der Waals surface area contributed by atoms with Crippen molar-refractivity contribution < 1.29 is 5.11 Å². The standard InChI is InChI=1S/C3H6N4O/c4-3-6-1-2(8)7(3)5/h1,8H,5H2,(H2,4,6). The van der Waals surface area contributed by atoms with Crippen LogP contribution >= 0.6 is 0 Å². The molecule has 0 atom stereocenters. The highest BCUT2D eigenvalue weighted by atomic mass is 16.3. The van der Waals surface area contributed by atoms with E-state index in [0.717, 1.165) is 4.68 Å². The molecule has 0 bridgehead atoms. The third-order valence-corrected chi connectivity index (χ3v) is 0.806. The van der Waals surface area contributed by atoms with E-state index >= 15 is 0 Å². The van der Waals surface area contributed by atoms with Crippen LogP contribution in [0.4, 0.5) is 5.95 Å². The Morgan fingerprint density at radius 2 is 2.38 bits per heavy atom. The Labute approximate surface area is 45.5 Å². The fourth-order valence-electron chi connectivity index (χ4n) is 0.366. The maximum atomic E-state index is 8.64. The SMILES string of the molecule is Nc1ncc(O)n1N. The summed E-state index contributed by atoms with van der Waals surface area (Å²) in [6.07, 6.45) is 1.18. The zero-order valence-electron chi connectivity index (χ0n) is 4.07. The maximum Gasteiger partial charge on any atom is 0.231 e. The van der Waals surface area contributed by atoms with Crippen molar-refractivity contribution in [2.45, 2.75) is 0 Å². The van der Waals surface area contributed by atoms with Crippen LogP contribution in [0.1, 0.15) is 0 Å². The van der Waals surface area contributed by atoms with Crippen LogP contribution in [0.15, 0.2) is 6.20 Å². The van der Waals surface area contributed by atoms with E-state index in [2.05, 4.69) is 4.98 Å². The average molecular weight is 114 g/mol. The minimum absolute atomic E-state index is 0.0995. The molecular weight excluding hydrogens is 108 g/mol. The van der Waals surface area contributed by atoms with Gasteiger partial charge in [0, 0.05) is 0 Å². The number of imidazole rings is 1. The largest absolute Gasteiger partial charge is 0.492 e. The lowest BCUT2D eigenvalue weighted by atomic mass is 10.9. The van der Waals surface area contributed by atoms with Crippen LogP contribution in [-0.2, 0) is 0 Å². The smallest absolute Gasteiger partial charge is 0.231 e. The molecule has 0 aliphatic heterocycles. The molecule has 0 fully saturated rings. The van der Waals surface area contributed by atoms with Gasteiger partial charge in [0.25, 0.3) is 0 Å². The lowest BCUT2D eigenvalue weighted by Crippen LogP contribution is -2.10. The Hall–Kier alpha value is -1.39. The quantitative estimate of drug-likeness (QED) is 0.373. The minimum atomic E-state index is -0.137. The van der Waals surface area contributed by atoms with E-state index in [1.54, 1.807) is 0 Å². The molecule has 5 heteroatoms. The predicted molar refractivity (Wildman–Crippen MR) is 28.5 cm³/mol. The molecule has 0 spiro atoms. The Morgan fingerprint density at radius 3 is 2.50 bits per heavy atom. The molecule has 0 unspecified atom stereocenters. The summed E-state index contributed by atoms with van der Waals surface area (Å²) >= 11 is 0. The highest BCUT2D eigenvalue weighted by Crippen LogP contribution is 2.06. The van der Waals surface area contributed by atoms with Gasteiger partial charge in [0.1, 0.15) is 0 Å². The molecule has 1 aromatic heterocycles. The normalized spacial score (nSPS) is 9.50. The van der Waals surface area contributed by atoms with Crippen LogP contribution in [-0.4, -0.2) is 14.8 Å². The summed E-state index contributed by atoms with van der Waals surface area (Å²) in [7, 11) is 0. The molecule has 1 aromatic rings. The minimum Gasteiger partial charge on any atom is -0.492 e. The number of hydrogen-bond donors (Lipinski definition) is 3. The molecule has 0 aliphatic carbocycles. The van der Waals surface area contributed by atoms with Gasteiger partial charge in [-0.15, -0.1) is 0 Å². The van der Waals surface area contributed by atoms with Gasteiger partial charge in [-0.3, -0.25) is 0 Å². The fourth-order valence-corrected chi connectivity index (χ4v) is 0.366. The van der Waals surface area contributed by atoms with Gasteiger partial charge >= 0.3 is 0 Å². The van der Waals surface area contributed by atoms with Gasteiger partial charge in [0.05, 0.1) is 6.20 Å². The number of nitrogen functional groups attached to an aromatic ring is 2. The molecule has 5 N–H and O–H groups in total. The third kappa shape index (κ3) is 0.446. The summed E-state index contributed by atoms with van der Waals surface area (Å²) in [6, 6.07) is 0. The van der Waals surface area contributed by atoms with E-state index in [4.69, 9.17) is 16.7 Å². The Morgan fingerprint density at radius 1 is 1.75 bits per heavy atom. The predicted octanol–water partition coefficient (Wildman–Crippen LogP) is -1.12. The number of aromatic nitrogens is 2. The van der Waals surface area contributed by atoms with Crippen LogP contribution in [0, 0.1) is 0 Å². The number of aromatic hydroxyl groups is 1. The number of anilines is 1. The summed E-state index contributed by atoms with van der Waals surface area (Å²) < 4.78 is 0.889. The van der Waals surface area contributed by atoms with Gasteiger partial charge in [-0.25, -0.2) is 4.98 Å². The van der Waals surface area contributed by atoms with Crippen molar-refractivity contribution in [3.63, 3.8) is 0 Å². The molecule has 0 saturated heterocycles. The van der Waals surface area contributed by atoms with E-state index < -0.39 is 0 Å². The fraction of sp³-hybridized carbons (Fsp3) is 0.